The van der Waals surface area contributed by atoms with Crippen molar-refractivity contribution in [3.8, 4) is 23.0 Å². The number of Topliss-reactive ketones (excluding diaryl/α,β-unsaturated/α-hetero) is 1. The van der Waals surface area contributed by atoms with Crippen molar-refractivity contribution in [1.82, 2.24) is 10.2 Å². The molecule has 0 bridgehead atoms. The van der Waals surface area contributed by atoms with Crippen molar-refractivity contribution in [2.45, 2.75) is 23.1 Å². The van der Waals surface area contributed by atoms with E-state index in [4.69, 9.17) is 18.9 Å². The van der Waals surface area contributed by atoms with Gasteiger partial charge in [0.2, 0.25) is 5.13 Å². The fourth-order valence-corrected chi connectivity index (χ4v) is 7.40. The number of fused-ring (bicyclic) bond motifs is 1. The molecule has 1 N–H and O–H groups in total. The molecule has 1 aromatic heterocycles. The Morgan fingerprint density at radius 1 is 0.872 bits per heavy atom. The van der Waals surface area contributed by atoms with Crippen molar-refractivity contribution in [2.75, 3.05) is 32.8 Å². The molecule has 0 saturated carbocycles. The number of methoxy groups -OCH3 is 3. The van der Waals surface area contributed by atoms with Crippen molar-refractivity contribution in [3.05, 3.63) is 101 Å². The van der Waals surface area contributed by atoms with Crippen LogP contribution in [0.25, 0.3) is 16.5 Å². The first kappa shape index (κ1) is 31.9. The molecule has 4 aromatic carbocycles. The minimum Gasteiger partial charge on any atom is -0.507 e. The van der Waals surface area contributed by atoms with E-state index in [-0.39, 0.29) is 22.0 Å². The van der Waals surface area contributed by atoms with E-state index in [1.54, 1.807) is 36.4 Å². The molecule has 0 spiro atoms. The Morgan fingerprint density at radius 2 is 1.60 bits per heavy atom. The standard InChI is InChI=1S/C35H31N3O7S2/c1-5-45-26-16-13-21(17-28(26)44-4)30-29(31(39)22-14-15-25(42-2)27(18-22)43-3)32(40)33(41)38(30)34-36-37-35(47-34)46-19-23-11-8-10-20-9-6-7-12-24(20)23/h6-18,30,39H,5,19H2,1-4H3/t30-/m0/s1. The van der Waals surface area contributed by atoms with Crippen molar-refractivity contribution in [3.63, 3.8) is 0 Å². The van der Waals surface area contributed by atoms with Crippen molar-refractivity contribution in [2.24, 2.45) is 0 Å². The lowest BCUT2D eigenvalue weighted by atomic mass is 9.95. The lowest BCUT2D eigenvalue weighted by molar-refractivity contribution is -0.132. The monoisotopic (exact) mass is 669 g/mol. The summed E-state index contributed by atoms with van der Waals surface area (Å²) in [6, 6.07) is 23.2. The zero-order valence-corrected chi connectivity index (χ0v) is 27.7. The quantitative estimate of drug-likeness (QED) is 0.0516. The summed E-state index contributed by atoms with van der Waals surface area (Å²) in [5.41, 5.74) is 1.80. The fraction of sp³-hybridized carbons (Fsp3) is 0.200. The van der Waals surface area contributed by atoms with Gasteiger partial charge in [-0.25, -0.2) is 0 Å². The van der Waals surface area contributed by atoms with Gasteiger partial charge in [0.25, 0.3) is 5.78 Å². The molecule has 1 atom stereocenters. The molecule has 1 amide bonds. The van der Waals surface area contributed by atoms with Crippen LogP contribution in [0, 0.1) is 0 Å². The van der Waals surface area contributed by atoms with Crippen LogP contribution in [0.2, 0.25) is 0 Å². The summed E-state index contributed by atoms with van der Waals surface area (Å²) >= 11 is 2.69. The number of rotatable bonds is 11. The molecule has 6 rings (SSSR count). The number of aliphatic hydroxyl groups is 1. The first-order valence-electron chi connectivity index (χ1n) is 14.7. The van der Waals surface area contributed by atoms with Gasteiger partial charge in [-0.3, -0.25) is 14.5 Å². The molecule has 5 aromatic rings. The Bertz CT molecular complexity index is 2000. The molecule has 0 unspecified atom stereocenters. The maximum absolute atomic E-state index is 13.8. The lowest BCUT2D eigenvalue weighted by Crippen LogP contribution is -2.29. The van der Waals surface area contributed by atoms with Gasteiger partial charge in [-0.1, -0.05) is 71.6 Å². The first-order chi connectivity index (χ1) is 22.9. The normalized spacial score (nSPS) is 15.7. The van der Waals surface area contributed by atoms with Gasteiger partial charge in [-0.15, -0.1) is 10.2 Å². The molecule has 0 radical (unpaired) electrons. The minimum absolute atomic E-state index is 0.117. The summed E-state index contributed by atoms with van der Waals surface area (Å²) in [4.78, 5) is 28.8. The smallest absolute Gasteiger partial charge is 0.301 e. The Hall–Kier alpha value is -5.07. The van der Waals surface area contributed by atoms with Crippen LogP contribution in [0.5, 0.6) is 23.0 Å². The number of hydrogen-bond donors (Lipinski definition) is 1. The third kappa shape index (κ3) is 6.09. The maximum Gasteiger partial charge on any atom is 0.301 e. The summed E-state index contributed by atoms with van der Waals surface area (Å²) in [7, 11) is 4.48. The summed E-state index contributed by atoms with van der Waals surface area (Å²) in [6.45, 7) is 2.27. The number of hydrogen-bond acceptors (Lipinski definition) is 11. The maximum atomic E-state index is 13.8. The van der Waals surface area contributed by atoms with Gasteiger partial charge in [-0.05, 0) is 59.2 Å². The number of benzene rings is 4. The number of nitrogens with zero attached hydrogens (tertiary/aromatic N) is 3. The molecular weight excluding hydrogens is 639 g/mol. The van der Waals surface area contributed by atoms with E-state index in [2.05, 4.69) is 34.5 Å². The summed E-state index contributed by atoms with van der Waals surface area (Å²) < 4.78 is 22.7. The van der Waals surface area contributed by atoms with Crippen molar-refractivity contribution >= 4 is 56.5 Å². The number of carbonyl (C=O) groups is 2. The molecule has 47 heavy (non-hydrogen) atoms. The highest BCUT2D eigenvalue weighted by Gasteiger charge is 2.48. The lowest BCUT2D eigenvalue weighted by Gasteiger charge is -2.23. The molecule has 2 heterocycles. The van der Waals surface area contributed by atoms with E-state index in [1.807, 2.05) is 25.1 Å². The predicted octanol–water partition coefficient (Wildman–Crippen LogP) is 7.03. The molecular formula is C35H31N3O7S2. The fourth-order valence-electron chi connectivity index (χ4n) is 5.53. The molecule has 1 saturated heterocycles. The van der Waals surface area contributed by atoms with Crippen molar-refractivity contribution in [1.29, 1.82) is 0 Å². The van der Waals surface area contributed by atoms with Crippen LogP contribution >= 0.6 is 23.1 Å². The summed E-state index contributed by atoms with van der Waals surface area (Å²) in [5, 5.41) is 22.9. The van der Waals surface area contributed by atoms with Crippen LogP contribution in [-0.4, -0.2) is 54.9 Å². The number of amides is 1. The van der Waals surface area contributed by atoms with E-state index in [0.29, 0.717) is 45.3 Å². The number of carbonyl (C=O) groups excluding carboxylic acids is 2. The molecule has 0 aliphatic carbocycles. The van der Waals surface area contributed by atoms with Crippen LogP contribution in [-0.2, 0) is 15.3 Å². The third-order valence-corrected chi connectivity index (χ3v) is 9.84. The van der Waals surface area contributed by atoms with Crippen LogP contribution in [0.3, 0.4) is 0 Å². The Kier molecular flexibility index (Phi) is 9.32. The van der Waals surface area contributed by atoms with Crippen LogP contribution < -0.4 is 23.8 Å². The van der Waals surface area contributed by atoms with Crippen molar-refractivity contribution < 1.29 is 33.6 Å². The van der Waals surface area contributed by atoms with E-state index in [0.717, 1.165) is 16.3 Å². The van der Waals surface area contributed by atoms with Gasteiger partial charge >= 0.3 is 5.91 Å². The second kappa shape index (κ2) is 13.7. The van der Waals surface area contributed by atoms with Crippen LogP contribution in [0.15, 0.2) is 88.8 Å². The first-order valence-corrected chi connectivity index (χ1v) is 16.5. The van der Waals surface area contributed by atoms with E-state index < -0.39 is 17.7 Å². The number of anilines is 1. The predicted molar refractivity (Wildman–Crippen MR) is 182 cm³/mol. The zero-order chi connectivity index (χ0) is 33.1. The van der Waals surface area contributed by atoms with Crippen LogP contribution in [0.1, 0.15) is 29.7 Å². The van der Waals surface area contributed by atoms with E-state index in [9.17, 15) is 14.7 Å². The number of aromatic nitrogens is 2. The van der Waals surface area contributed by atoms with Gasteiger partial charge in [0.05, 0.1) is 39.6 Å². The van der Waals surface area contributed by atoms with Gasteiger partial charge < -0.3 is 24.1 Å². The topological polar surface area (TPSA) is 120 Å². The second-order valence-electron chi connectivity index (χ2n) is 10.4. The van der Waals surface area contributed by atoms with Gasteiger partial charge in [0.15, 0.2) is 27.3 Å². The van der Waals surface area contributed by atoms with Crippen LogP contribution in [0.4, 0.5) is 5.13 Å². The highest BCUT2D eigenvalue weighted by Crippen LogP contribution is 2.46. The Morgan fingerprint density at radius 3 is 2.36 bits per heavy atom. The molecule has 1 aliphatic rings. The number of thioether (sulfide) groups is 1. The van der Waals surface area contributed by atoms with E-state index in [1.165, 1.54) is 49.3 Å². The summed E-state index contributed by atoms with van der Waals surface area (Å²) in [5.74, 6) is 0.250. The van der Waals surface area contributed by atoms with Gasteiger partial charge in [-0.2, -0.15) is 0 Å². The highest BCUT2D eigenvalue weighted by molar-refractivity contribution is 8.00. The third-order valence-electron chi connectivity index (χ3n) is 7.74. The average Bonchev–Trinajstić information content (AvgIpc) is 3.68. The molecule has 12 heteroatoms. The average molecular weight is 670 g/mol. The Balaban J connectivity index is 1.42. The minimum atomic E-state index is -1.04. The number of aliphatic hydroxyl groups excluding tert-OH is 1. The number of ketones is 1. The zero-order valence-electron chi connectivity index (χ0n) is 26.1. The summed E-state index contributed by atoms with van der Waals surface area (Å²) in [6.07, 6.45) is 0. The highest BCUT2D eigenvalue weighted by atomic mass is 32.2. The Labute approximate surface area is 279 Å². The molecule has 1 aliphatic heterocycles. The SMILES string of the molecule is CCOc1ccc([C@H]2C(=C(O)c3ccc(OC)c(OC)c3)C(=O)C(=O)N2c2nnc(SCc3cccc4ccccc34)s2)cc1OC. The molecule has 10 nitrogen and oxygen atoms in total. The second-order valence-corrected chi connectivity index (χ2v) is 12.5. The largest absolute Gasteiger partial charge is 0.507 e. The van der Waals surface area contributed by atoms with E-state index >= 15 is 0 Å². The molecule has 240 valence electrons. The number of ether oxygens (including phenoxy) is 4. The molecule has 1 fully saturated rings. The van der Waals surface area contributed by atoms with Gasteiger partial charge in [0.1, 0.15) is 5.76 Å². The van der Waals surface area contributed by atoms with Gasteiger partial charge in [0, 0.05) is 11.3 Å².